The first-order valence-corrected chi connectivity index (χ1v) is 8.72. The van der Waals surface area contributed by atoms with Crippen molar-refractivity contribution < 1.29 is 28.9 Å². The van der Waals surface area contributed by atoms with Crippen LogP contribution >= 0.6 is 0 Å². The molecule has 0 aromatic heterocycles. The van der Waals surface area contributed by atoms with Crippen molar-refractivity contribution >= 4 is 17.3 Å². The lowest BCUT2D eigenvalue weighted by molar-refractivity contribution is -0.132. The van der Waals surface area contributed by atoms with Gasteiger partial charge in [0.15, 0.2) is 11.5 Å². The Morgan fingerprint density at radius 1 is 1.19 bits per heavy atom. The summed E-state index contributed by atoms with van der Waals surface area (Å²) in [6, 6.07) is 8.54. The van der Waals surface area contributed by atoms with Gasteiger partial charge in [0, 0.05) is 16.7 Å². The van der Waals surface area contributed by atoms with Gasteiger partial charge in [-0.25, -0.2) is 4.79 Å². The number of hydrogen-bond donors (Lipinski definition) is 1. The van der Waals surface area contributed by atoms with E-state index in [1.54, 1.807) is 30.3 Å². The van der Waals surface area contributed by atoms with Crippen LogP contribution in [-0.2, 0) is 4.79 Å². The summed E-state index contributed by atoms with van der Waals surface area (Å²) in [7, 11) is 0. The minimum atomic E-state index is -1.25. The van der Waals surface area contributed by atoms with Crippen molar-refractivity contribution in [3.05, 3.63) is 58.2 Å². The van der Waals surface area contributed by atoms with Gasteiger partial charge in [-0.1, -0.05) is 13.0 Å². The summed E-state index contributed by atoms with van der Waals surface area (Å²) in [5.74, 6) is 0.0297. The van der Waals surface area contributed by atoms with E-state index in [4.69, 9.17) is 14.2 Å². The van der Waals surface area contributed by atoms with Crippen molar-refractivity contribution in [2.45, 2.75) is 20.3 Å². The van der Waals surface area contributed by atoms with E-state index < -0.39 is 11.8 Å². The fourth-order valence-corrected chi connectivity index (χ4v) is 3.49. The van der Waals surface area contributed by atoms with E-state index in [9.17, 15) is 14.7 Å². The molecule has 0 saturated carbocycles. The molecular weight excluding hydrogens is 348 g/mol. The Bertz CT molecular complexity index is 1000. The molecule has 1 heterocycles. The lowest BCUT2D eigenvalue weighted by atomic mass is 9.93. The van der Waals surface area contributed by atoms with Gasteiger partial charge in [0.05, 0.1) is 6.61 Å². The van der Waals surface area contributed by atoms with Crippen LogP contribution in [-0.4, -0.2) is 30.3 Å². The summed E-state index contributed by atoms with van der Waals surface area (Å²) in [4.78, 5) is 24.7. The molecule has 2 aromatic carbocycles. The summed E-state index contributed by atoms with van der Waals surface area (Å²) < 4.78 is 16.5. The normalized spacial score (nSPS) is 14.5. The molecule has 4 rings (SSSR count). The van der Waals surface area contributed by atoms with Crippen molar-refractivity contribution in [1.29, 1.82) is 0 Å². The molecular formula is C21H18O6. The van der Waals surface area contributed by atoms with Crippen LogP contribution in [0.5, 0.6) is 17.2 Å². The number of hydrogen-bond acceptors (Lipinski definition) is 5. The Kier molecular flexibility index (Phi) is 4.11. The summed E-state index contributed by atoms with van der Waals surface area (Å²) in [5, 5.41) is 9.72. The first kappa shape index (κ1) is 17.1. The predicted molar refractivity (Wildman–Crippen MR) is 97.5 cm³/mol. The number of Topliss-reactive ketones (excluding diaryl/α,β-unsaturated/α-hetero) is 1. The smallest absolute Gasteiger partial charge is 0.340 e. The van der Waals surface area contributed by atoms with Crippen LogP contribution in [0.25, 0.3) is 5.57 Å². The van der Waals surface area contributed by atoms with E-state index in [1.165, 1.54) is 0 Å². The molecule has 6 heteroatoms. The van der Waals surface area contributed by atoms with Crippen LogP contribution in [0.15, 0.2) is 35.9 Å². The van der Waals surface area contributed by atoms with Crippen molar-refractivity contribution in [1.82, 2.24) is 0 Å². The second-order valence-corrected chi connectivity index (χ2v) is 6.41. The number of fused-ring (bicyclic) bond motifs is 2. The van der Waals surface area contributed by atoms with E-state index in [-0.39, 0.29) is 12.4 Å². The monoisotopic (exact) mass is 366 g/mol. The number of carboxylic acids is 1. The molecule has 27 heavy (non-hydrogen) atoms. The van der Waals surface area contributed by atoms with Crippen LogP contribution in [0.4, 0.5) is 0 Å². The third kappa shape index (κ3) is 2.65. The van der Waals surface area contributed by atoms with E-state index in [0.717, 1.165) is 12.0 Å². The summed E-state index contributed by atoms with van der Waals surface area (Å²) in [6.07, 6.45) is 0.848. The number of carbonyl (C=O) groups is 2. The van der Waals surface area contributed by atoms with Gasteiger partial charge in [0.1, 0.15) is 11.3 Å². The minimum Gasteiger partial charge on any atom is -0.493 e. The number of aliphatic carboxylic acids is 1. The Morgan fingerprint density at radius 2 is 1.96 bits per heavy atom. The number of carboxylic acid groups (broad SMARTS) is 1. The Hall–Kier alpha value is -3.28. The van der Waals surface area contributed by atoms with Gasteiger partial charge in [0.2, 0.25) is 12.6 Å². The first-order valence-electron chi connectivity index (χ1n) is 8.72. The molecule has 0 spiro atoms. The second kappa shape index (κ2) is 6.46. The number of carbonyl (C=O) groups excluding carboxylic acids is 1. The molecule has 0 bridgehead atoms. The SMILES string of the molecule is CCCOc1ccc2c(c1C)C(c1ccc3c(c1)OCO3)=C(C(=O)O)C2=O. The van der Waals surface area contributed by atoms with Gasteiger partial charge in [-0.15, -0.1) is 0 Å². The fraction of sp³-hybridized carbons (Fsp3) is 0.238. The highest BCUT2D eigenvalue weighted by Crippen LogP contribution is 2.44. The zero-order chi connectivity index (χ0) is 19.1. The summed E-state index contributed by atoms with van der Waals surface area (Å²) >= 11 is 0. The maximum atomic E-state index is 12.8. The van der Waals surface area contributed by atoms with Gasteiger partial charge >= 0.3 is 5.97 Å². The van der Waals surface area contributed by atoms with Crippen LogP contribution < -0.4 is 14.2 Å². The molecule has 6 nitrogen and oxygen atoms in total. The second-order valence-electron chi connectivity index (χ2n) is 6.41. The van der Waals surface area contributed by atoms with Crippen molar-refractivity contribution in [2.75, 3.05) is 13.4 Å². The predicted octanol–water partition coefficient (Wildman–Crippen LogP) is 3.60. The van der Waals surface area contributed by atoms with Gasteiger partial charge in [0.25, 0.3) is 0 Å². The van der Waals surface area contributed by atoms with Crippen molar-refractivity contribution in [2.24, 2.45) is 0 Å². The zero-order valence-electron chi connectivity index (χ0n) is 15.0. The molecule has 0 amide bonds. The van der Waals surface area contributed by atoms with Gasteiger partial charge in [-0.05, 0) is 48.7 Å². The Balaban J connectivity index is 1.94. The van der Waals surface area contributed by atoms with Crippen LogP contribution in [0.2, 0.25) is 0 Å². The van der Waals surface area contributed by atoms with E-state index in [1.807, 2.05) is 13.8 Å². The molecule has 0 unspecified atom stereocenters. The maximum absolute atomic E-state index is 12.8. The number of rotatable bonds is 5. The summed E-state index contributed by atoms with van der Waals surface area (Å²) in [5.41, 5.74) is 2.48. The van der Waals surface area contributed by atoms with Gasteiger partial charge in [-0.3, -0.25) is 4.79 Å². The summed E-state index contributed by atoms with van der Waals surface area (Å²) in [6.45, 7) is 4.51. The highest BCUT2D eigenvalue weighted by molar-refractivity contribution is 6.35. The van der Waals surface area contributed by atoms with Gasteiger partial charge in [-0.2, -0.15) is 0 Å². The molecule has 1 aliphatic heterocycles. The van der Waals surface area contributed by atoms with Crippen molar-refractivity contribution in [3.8, 4) is 17.2 Å². The number of ketones is 1. The Morgan fingerprint density at radius 3 is 2.70 bits per heavy atom. The molecule has 2 aliphatic rings. The van der Waals surface area contributed by atoms with Crippen LogP contribution in [0.1, 0.15) is 40.4 Å². The van der Waals surface area contributed by atoms with Crippen molar-refractivity contribution in [3.63, 3.8) is 0 Å². The third-order valence-electron chi connectivity index (χ3n) is 4.72. The molecule has 0 saturated heterocycles. The molecule has 1 N–H and O–H groups in total. The lowest BCUT2D eigenvalue weighted by Gasteiger charge is -2.14. The zero-order valence-corrected chi connectivity index (χ0v) is 15.0. The molecule has 1 aliphatic carbocycles. The van der Waals surface area contributed by atoms with Crippen LogP contribution in [0, 0.1) is 6.92 Å². The quantitative estimate of drug-likeness (QED) is 0.815. The topological polar surface area (TPSA) is 82.1 Å². The van der Waals surface area contributed by atoms with E-state index >= 15 is 0 Å². The van der Waals surface area contributed by atoms with Gasteiger partial charge < -0.3 is 19.3 Å². The molecule has 0 atom stereocenters. The number of ether oxygens (including phenoxy) is 3. The van der Waals surface area contributed by atoms with E-state index in [2.05, 4.69) is 0 Å². The highest BCUT2D eigenvalue weighted by Gasteiger charge is 2.37. The molecule has 0 fully saturated rings. The Labute approximate surface area is 156 Å². The lowest BCUT2D eigenvalue weighted by Crippen LogP contribution is -2.09. The maximum Gasteiger partial charge on any atom is 0.340 e. The third-order valence-corrected chi connectivity index (χ3v) is 4.72. The molecule has 2 aromatic rings. The molecule has 0 radical (unpaired) electrons. The van der Waals surface area contributed by atoms with E-state index in [0.29, 0.717) is 46.1 Å². The molecule has 138 valence electrons. The standard InChI is InChI=1S/C21H18O6/c1-3-8-25-14-7-5-13-17(11(14)2)18(19(20(13)22)21(23)24)12-4-6-15-16(9-12)27-10-26-15/h4-7,9H,3,8,10H2,1-2H3,(H,23,24). The number of benzene rings is 2. The van der Waals surface area contributed by atoms with Crippen LogP contribution in [0.3, 0.4) is 0 Å². The highest BCUT2D eigenvalue weighted by atomic mass is 16.7. The minimum absolute atomic E-state index is 0.118. The average molecular weight is 366 g/mol. The average Bonchev–Trinajstić information content (AvgIpc) is 3.23. The first-order chi connectivity index (χ1) is 13.0. The largest absolute Gasteiger partial charge is 0.493 e. The fourth-order valence-electron chi connectivity index (χ4n) is 3.49.